The van der Waals surface area contributed by atoms with E-state index < -0.39 is 0 Å². The van der Waals surface area contributed by atoms with E-state index in [1.165, 1.54) is 0 Å². The van der Waals surface area contributed by atoms with Crippen LogP contribution in [0.25, 0.3) is 11.0 Å². The molecule has 0 saturated carbocycles. The van der Waals surface area contributed by atoms with Crippen molar-refractivity contribution in [2.75, 3.05) is 18.4 Å². The number of ether oxygens (including phenoxy) is 3. The molecule has 3 aromatic carbocycles. The zero-order valence-corrected chi connectivity index (χ0v) is 18.6. The Balaban J connectivity index is 1.43. The Hall–Kier alpha value is -3.64. The van der Waals surface area contributed by atoms with Gasteiger partial charge in [-0.2, -0.15) is 0 Å². The maximum absolute atomic E-state index is 13.0. The fraction of sp³-hybridized carbons (Fsp3) is 0.192. The van der Waals surface area contributed by atoms with Gasteiger partial charge in [0.25, 0.3) is 0 Å². The van der Waals surface area contributed by atoms with Crippen molar-refractivity contribution in [2.24, 2.45) is 0 Å². The number of aryl methyl sites for hydroxylation is 1. The number of fused-ring (bicyclic) bond motifs is 4. The number of nitrogens with zero attached hydrogens (tertiary/aromatic N) is 1. The number of rotatable bonds is 3. The van der Waals surface area contributed by atoms with Crippen LogP contribution in [-0.2, 0) is 13.0 Å². The van der Waals surface area contributed by atoms with Crippen LogP contribution >= 0.6 is 11.6 Å². The van der Waals surface area contributed by atoms with Crippen LogP contribution in [0.4, 0.5) is 5.69 Å². The molecule has 0 saturated heterocycles. The van der Waals surface area contributed by atoms with Gasteiger partial charge in [0.2, 0.25) is 6.79 Å². The van der Waals surface area contributed by atoms with E-state index in [1.54, 1.807) is 0 Å². The van der Waals surface area contributed by atoms with E-state index in [1.807, 2.05) is 66.4 Å². The third-order valence-corrected chi connectivity index (χ3v) is 6.52. The summed E-state index contributed by atoms with van der Waals surface area (Å²) in [5, 5.41) is 1.32. The monoisotopic (exact) mass is 461 g/mol. The lowest BCUT2D eigenvalue weighted by Gasteiger charge is -2.31. The zero-order valence-electron chi connectivity index (χ0n) is 17.9. The summed E-state index contributed by atoms with van der Waals surface area (Å²) in [5.74, 6) is 1.97. The predicted octanol–water partition coefficient (Wildman–Crippen LogP) is 5.43. The highest BCUT2D eigenvalue weighted by Gasteiger charge is 2.27. The number of anilines is 1. The van der Waals surface area contributed by atoms with Gasteiger partial charge in [0.05, 0.1) is 17.1 Å². The second-order valence-corrected chi connectivity index (χ2v) is 8.61. The van der Waals surface area contributed by atoms with E-state index in [4.69, 9.17) is 30.2 Å². The minimum atomic E-state index is -0.339. The number of hydrogen-bond acceptors (Lipinski definition) is 6. The van der Waals surface area contributed by atoms with Crippen molar-refractivity contribution in [1.29, 1.82) is 0 Å². The van der Waals surface area contributed by atoms with E-state index in [9.17, 15) is 4.79 Å². The van der Waals surface area contributed by atoms with Crippen molar-refractivity contribution >= 4 is 28.3 Å². The summed E-state index contributed by atoms with van der Waals surface area (Å²) in [7, 11) is 0. The molecular formula is C26H20ClNO5. The smallest absolute Gasteiger partial charge is 0.340 e. The highest BCUT2D eigenvalue weighted by Crippen LogP contribution is 2.42. The SMILES string of the molecule is Cc1c(Cc2ccccc2)c(=O)oc2c3c(c(Cl)cc12)OCN(c1ccc2c(c1)OCO2)C3. The molecule has 0 bridgehead atoms. The maximum atomic E-state index is 13.0. The molecular weight excluding hydrogens is 442 g/mol. The van der Waals surface area contributed by atoms with Crippen molar-refractivity contribution in [3.8, 4) is 17.2 Å². The largest absolute Gasteiger partial charge is 0.471 e. The highest BCUT2D eigenvalue weighted by atomic mass is 35.5. The van der Waals surface area contributed by atoms with Crippen LogP contribution in [0.2, 0.25) is 5.02 Å². The summed E-state index contributed by atoms with van der Waals surface area (Å²) in [6, 6.07) is 17.5. The van der Waals surface area contributed by atoms with E-state index in [-0.39, 0.29) is 12.4 Å². The second kappa shape index (κ2) is 7.74. The van der Waals surface area contributed by atoms with Crippen molar-refractivity contribution in [3.63, 3.8) is 0 Å². The van der Waals surface area contributed by atoms with E-state index >= 15 is 0 Å². The minimum absolute atomic E-state index is 0.216. The Morgan fingerprint density at radius 2 is 1.82 bits per heavy atom. The van der Waals surface area contributed by atoms with Gasteiger partial charge in [-0.25, -0.2) is 4.79 Å². The molecule has 1 aromatic heterocycles. The first-order chi connectivity index (χ1) is 16.1. The molecule has 3 heterocycles. The summed E-state index contributed by atoms with van der Waals surface area (Å²) < 4.78 is 22.8. The Bertz CT molecular complexity index is 1450. The van der Waals surface area contributed by atoms with Gasteiger partial charge in [-0.3, -0.25) is 0 Å². The molecule has 2 aliphatic heterocycles. The van der Waals surface area contributed by atoms with Crippen molar-refractivity contribution in [1.82, 2.24) is 0 Å². The number of benzene rings is 3. The second-order valence-electron chi connectivity index (χ2n) is 8.21. The molecule has 2 aliphatic rings. The van der Waals surface area contributed by atoms with Gasteiger partial charge in [0.15, 0.2) is 18.2 Å². The molecule has 6 nitrogen and oxygen atoms in total. The van der Waals surface area contributed by atoms with Crippen molar-refractivity contribution in [3.05, 3.63) is 92.3 Å². The highest BCUT2D eigenvalue weighted by molar-refractivity contribution is 6.33. The van der Waals surface area contributed by atoms with Gasteiger partial charge in [-0.15, -0.1) is 0 Å². The molecule has 0 aliphatic carbocycles. The zero-order chi connectivity index (χ0) is 22.5. The first kappa shape index (κ1) is 20.0. The summed E-state index contributed by atoms with van der Waals surface area (Å²) in [6.07, 6.45) is 0.499. The van der Waals surface area contributed by atoms with Gasteiger partial charge in [-0.05, 0) is 36.2 Å². The van der Waals surface area contributed by atoms with Crippen molar-refractivity contribution in [2.45, 2.75) is 19.9 Å². The summed E-state index contributed by atoms with van der Waals surface area (Å²) >= 11 is 6.62. The fourth-order valence-corrected chi connectivity index (χ4v) is 4.74. The fourth-order valence-electron chi connectivity index (χ4n) is 4.46. The van der Waals surface area contributed by atoms with E-state index in [0.717, 1.165) is 33.5 Å². The molecule has 0 N–H and O–H groups in total. The minimum Gasteiger partial charge on any atom is -0.471 e. The molecule has 166 valence electrons. The Morgan fingerprint density at radius 3 is 2.67 bits per heavy atom. The van der Waals surface area contributed by atoms with Crippen LogP contribution in [-0.4, -0.2) is 13.5 Å². The molecule has 4 aromatic rings. The third kappa shape index (κ3) is 3.38. The third-order valence-electron chi connectivity index (χ3n) is 6.24. The molecule has 7 heteroatoms. The maximum Gasteiger partial charge on any atom is 0.340 e. The van der Waals surface area contributed by atoms with Crippen LogP contribution in [0.15, 0.2) is 63.8 Å². The summed E-state index contributed by atoms with van der Waals surface area (Å²) in [6.45, 7) is 2.95. The topological polar surface area (TPSA) is 61.1 Å². The van der Waals surface area contributed by atoms with Gasteiger partial charge < -0.3 is 23.5 Å². The average Bonchev–Trinajstić information content (AvgIpc) is 3.31. The lowest BCUT2D eigenvalue weighted by atomic mass is 9.97. The molecule has 0 amide bonds. The van der Waals surface area contributed by atoms with Gasteiger partial charge in [0.1, 0.15) is 11.3 Å². The quantitative estimate of drug-likeness (QED) is 0.379. The average molecular weight is 462 g/mol. The summed E-state index contributed by atoms with van der Waals surface area (Å²) in [5.41, 5.74) is 4.40. The molecule has 0 unspecified atom stereocenters. The Kier molecular flexibility index (Phi) is 4.69. The van der Waals surface area contributed by atoms with Gasteiger partial charge in [0, 0.05) is 29.1 Å². The van der Waals surface area contributed by atoms with Crippen LogP contribution in [0.5, 0.6) is 17.2 Å². The Morgan fingerprint density at radius 1 is 1.00 bits per heavy atom. The van der Waals surface area contributed by atoms with E-state index in [0.29, 0.717) is 47.4 Å². The normalized spacial score (nSPS) is 14.3. The lowest BCUT2D eigenvalue weighted by Crippen LogP contribution is -2.32. The molecule has 33 heavy (non-hydrogen) atoms. The molecule has 6 rings (SSSR count). The first-order valence-corrected chi connectivity index (χ1v) is 11.1. The van der Waals surface area contributed by atoms with Gasteiger partial charge >= 0.3 is 5.63 Å². The molecule has 0 radical (unpaired) electrons. The standard InChI is InChI=1S/C26H20ClNO5/c1-15-18-11-21(27)25-20(24(18)33-26(29)19(15)9-16-5-3-2-4-6-16)12-28(13-30-25)17-7-8-22-23(10-17)32-14-31-22/h2-8,10-11H,9,12-14H2,1H3. The van der Waals surface area contributed by atoms with Crippen LogP contribution in [0.1, 0.15) is 22.3 Å². The first-order valence-electron chi connectivity index (χ1n) is 10.7. The van der Waals surface area contributed by atoms with Gasteiger partial charge in [-0.1, -0.05) is 41.9 Å². The molecule has 0 atom stereocenters. The van der Waals surface area contributed by atoms with E-state index in [2.05, 4.69) is 0 Å². The molecule has 0 fully saturated rings. The molecule has 0 spiro atoms. The number of hydrogen-bond donors (Lipinski definition) is 0. The Labute approximate surface area is 194 Å². The number of halogens is 1. The lowest BCUT2D eigenvalue weighted by molar-refractivity contribution is 0.174. The van der Waals surface area contributed by atoms with Crippen LogP contribution in [0, 0.1) is 6.92 Å². The van der Waals surface area contributed by atoms with Crippen molar-refractivity contribution < 1.29 is 18.6 Å². The summed E-state index contributed by atoms with van der Waals surface area (Å²) in [4.78, 5) is 15.1. The predicted molar refractivity (Wildman–Crippen MR) is 126 cm³/mol. The van der Waals surface area contributed by atoms with Crippen LogP contribution in [0.3, 0.4) is 0 Å². The van der Waals surface area contributed by atoms with Crippen LogP contribution < -0.4 is 24.7 Å².